The van der Waals surface area contributed by atoms with E-state index in [9.17, 15) is 4.79 Å². The molecular formula is C24H26N4O2. The molecule has 3 aromatic rings. The third kappa shape index (κ3) is 4.14. The monoisotopic (exact) mass is 402 g/mol. The highest BCUT2D eigenvalue weighted by atomic mass is 16.5. The number of nitrogens with one attached hydrogen (secondary N) is 2. The third-order valence-electron chi connectivity index (χ3n) is 5.10. The van der Waals surface area contributed by atoms with E-state index in [1.807, 2.05) is 43.5 Å². The summed E-state index contributed by atoms with van der Waals surface area (Å²) in [6.45, 7) is 6.27. The molecule has 30 heavy (non-hydrogen) atoms. The molecule has 0 saturated heterocycles. The van der Waals surface area contributed by atoms with Crippen LogP contribution in [0.1, 0.15) is 45.6 Å². The second kappa shape index (κ2) is 8.16. The van der Waals surface area contributed by atoms with Crippen molar-refractivity contribution in [1.82, 2.24) is 15.3 Å². The molecule has 1 aliphatic rings. The zero-order chi connectivity index (χ0) is 21.3. The quantitative estimate of drug-likeness (QED) is 0.524. The average Bonchev–Trinajstić information content (AvgIpc) is 3.46. The van der Waals surface area contributed by atoms with Gasteiger partial charge in [-0.2, -0.15) is 0 Å². The van der Waals surface area contributed by atoms with E-state index >= 15 is 0 Å². The number of allylic oxidation sites excluding steroid dienone is 1. The van der Waals surface area contributed by atoms with Gasteiger partial charge in [0.1, 0.15) is 5.65 Å². The van der Waals surface area contributed by atoms with Crippen LogP contribution in [0.3, 0.4) is 0 Å². The molecule has 0 bridgehead atoms. The van der Waals surface area contributed by atoms with Crippen LogP contribution in [0.4, 0.5) is 0 Å². The number of aromatic amines is 1. The topological polar surface area (TPSA) is 93.0 Å². The van der Waals surface area contributed by atoms with E-state index in [0.717, 1.165) is 51.8 Å². The first-order valence-electron chi connectivity index (χ1n) is 10.00. The molecule has 154 valence electrons. The van der Waals surface area contributed by atoms with E-state index in [1.165, 1.54) is 0 Å². The summed E-state index contributed by atoms with van der Waals surface area (Å²) in [5.41, 5.74) is 12.5. The smallest absolute Gasteiger partial charge is 0.251 e. The summed E-state index contributed by atoms with van der Waals surface area (Å²) in [4.78, 5) is 20.5. The summed E-state index contributed by atoms with van der Waals surface area (Å²) in [7, 11) is 1.65. The summed E-state index contributed by atoms with van der Waals surface area (Å²) < 4.78 is 5.43. The normalized spacial score (nSPS) is 14.1. The Bertz CT molecular complexity index is 1160. The zero-order valence-electron chi connectivity index (χ0n) is 17.3. The molecule has 2 aromatic heterocycles. The van der Waals surface area contributed by atoms with Gasteiger partial charge < -0.3 is 20.8 Å². The van der Waals surface area contributed by atoms with Crippen LogP contribution in [0.5, 0.6) is 0 Å². The highest BCUT2D eigenvalue weighted by Crippen LogP contribution is 2.34. The lowest BCUT2D eigenvalue weighted by Crippen LogP contribution is -2.25. The second-order valence-corrected chi connectivity index (χ2v) is 7.78. The Hall–Kier alpha value is -3.38. The Kier molecular flexibility index (Phi) is 5.42. The number of ether oxygens (including phenoxy) is 1. The highest BCUT2D eigenvalue weighted by molar-refractivity contribution is 6.00. The summed E-state index contributed by atoms with van der Waals surface area (Å²) in [5.74, 6) is -0.0566. The SMILES string of the molecule is C=C(N)/C=C(/c1cccc(C(=O)NC2CC2)c1)c1c(COC)[nH]c2ncc(C)cc12. The Morgan fingerprint density at radius 2 is 2.13 bits per heavy atom. The van der Waals surface area contributed by atoms with Gasteiger partial charge in [0.25, 0.3) is 5.91 Å². The Balaban J connectivity index is 1.87. The maximum Gasteiger partial charge on any atom is 0.251 e. The van der Waals surface area contributed by atoms with Gasteiger partial charge in [0, 0.05) is 41.6 Å². The van der Waals surface area contributed by atoms with Crippen molar-refractivity contribution in [2.24, 2.45) is 5.73 Å². The number of carbonyl (C=O) groups is 1. The first-order chi connectivity index (χ1) is 14.5. The zero-order valence-corrected chi connectivity index (χ0v) is 17.3. The summed E-state index contributed by atoms with van der Waals surface area (Å²) in [5, 5.41) is 4.02. The van der Waals surface area contributed by atoms with Gasteiger partial charge in [0.15, 0.2) is 0 Å². The van der Waals surface area contributed by atoms with Crippen molar-refractivity contribution in [3.63, 3.8) is 0 Å². The van der Waals surface area contributed by atoms with Crippen LogP contribution in [0.15, 0.2) is 54.9 Å². The van der Waals surface area contributed by atoms with Gasteiger partial charge in [0.05, 0.1) is 12.3 Å². The van der Waals surface area contributed by atoms with E-state index in [-0.39, 0.29) is 5.91 Å². The number of amides is 1. The maximum atomic E-state index is 12.6. The number of carbonyl (C=O) groups excluding carboxylic acids is 1. The van der Waals surface area contributed by atoms with Crippen molar-refractivity contribution in [3.8, 4) is 0 Å². The molecule has 1 aromatic carbocycles. The Morgan fingerprint density at radius 3 is 2.83 bits per heavy atom. The molecule has 6 heteroatoms. The second-order valence-electron chi connectivity index (χ2n) is 7.78. The minimum atomic E-state index is -0.0566. The van der Waals surface area contributed by atoms with Gasteiger partial charge in [-0.15, -0.1) is 0 Å². The molecule has 1 aliphatic carbocycles. The van der Waals surface area contributed by atoms with Crippen LogP contribution >= 0.6 is 0 Å². The molecule has 4 N–H and O–H groups in total. The number of H-pyrrole nitrogens is 1. The fourth-order valence-electron chi connectivity index (χ4n) is 3.60. The van der Waals surface area contributed by atoms with Gasteiger partial charge in [0.2, 0.25) is 0 Å². The fourth-order valence-corrected chi connectivity index (χ4v) is 3.60. The molecule has 0 unspecified atom stereocenters. The molecule has 0 atom stereocenters. The van der Waals surface area contributed by atoms with Gasteiger partial charge in [-0.1, -0.05) is 18.7 Å². The van der Waals surface area contributed by atoms with E-state index < -0.39 is 0 Å². The number of fused-ring (bicyclic) bond motifs is 1. The molecule has 0 radical (unpaired) electrons. The van der Waals surface area contributed by atoms with Crippen LogP contribution in [0, 0.1) is 6.92 Å². The van der Waals surface area contributed by atoms with E-state index in [2.05, 4.69) is 27.9 Å². The predicted octanol–water partition coefficient (Wildman–Crippen LogP) is 3.81. The van der Waals surface area contributed by atoms with E-state index in [1.54, 1.807) is 7.11 Å². The summed E-state index contributed by atoms with van der Waals surface area (Å²) in [6.07, 6.45) is 5.76. The number of benzene rings is 1. The maximum absolute atomic E-state index is 12.6. The number of nitrogens with zero attached hydrogens (tertiary/aromatic N) is 1. The molecule has 1 saturated carbocycles. The molecule has 4 rings (SSSR count). The van der Waals surface area contributed by atoms with Crippen LogP contribution in [-0.4, -0.2) is 29.0 Å². The number of nitrogens with two attached hydrogens (primary N) is 1. The first-order valence-corrected chi connectivity index (χ1v) is 10.00. The van der Waals surface area contributed by atoms with Gasteiger partial charge in [-0.05, 0) is 60.7 Å². The molecule has 6 nitrogen and oxygen atoms in total. The number of rotatable bonds is 7. The fraction of sp³-hybridized carbons (Fsp3) is 0.250. The third-order valence-corrected chi connectivity index (χ3v) is 5.10. The average molecular weight is 402 g/mol. The van der Waals surface area contributed by atoms with Crippen molar-refractivity contribution >= 4 is 22.5 Å². The van der Waals surface area contributed by atoms with Gasteiger partial charge >= 0.3 is 0 Å². The number of hydrogen-bond acceptors (Lipinski definition) is 4. The molecule has 2 heterocycles. The molecule has 1 amide bonds. The summed E-state index contributed by atoms with van der Waals surface area (Å²) >= 11 is 0. The van der Waals surface area contributed by atoms with Crippen molar-refractivity contribution in [1.29, 1.82) is 0 Å². The van der Waals surface area contributed by atoms with E-state index in [0.29, 0.717) is 23.9 Å². The van der Waals surface area contributed by atoms with Crippen LogP contribution in [0.25, 0.3) is 16.6 Å². The Labute approximate surface area is 175 Å². The lowest BCUT2D eigenvalue weighted by atomic mass is 9.93. The molecular weight excluding hydrogens is 376 g/mol. The van der Waals surface area contributed by atoms with Crippen LogP contribution in [0.2, 0.25) is 0 Å². The summed E-state index contributed by atoms with van der Waals surface area (Å²) in [6, 6.07) is 9.97. The first kappa shape index (κ1) is 19.9. The van der Waals surface area contributed by atoms with Gasteiger partial charge in [-0.3, -0.25) is 4.79 Å². The van der Waals surface area contributed by atoms with Crippen LogP contribution in [-0.2, 0) is 11.3 Å². The van der Waals surface area contributed by atoms with Crippen molar-refractivity contribution < 1.29 is 9.53 Å². The van der Waals surface area contributed by atoms with E-state index in [4.69, 9.17) is 10.5 Å². The van der Waals surface area contributed by atoms with Crippen molar-refractivity contribution in [3.05, 3.63) is 82.8 Å². The molecule has 1 fully saturated rings. The standard InChI is InChI=1S/C24H26N4O2/c1-14-9-20-22(21(13-30-3)28-23(20)26-12-14)19(10-15(2)25)16-5-4-6-17(11-16)24(29)27-18-7-8-18/h4-6,9-12,18H,2,7-8,13,25H2,1,3H3,(H,26,28)(H,27,29)/b19-10-. The number of pyridine rings is 1. The molecule has 0 spiro atoms. The lowest BCUT2D eigenvalue weighted by Gasteiger charge is -2.13. The predicted molar refractivity (Wildman–Crippen MR) is 119 cm³/mol. The van der Waals surface area contributed by atoms with Crippen molar-refractivity contribution in [2.45, 2.75) is 32.4 Å². The molecule has 0 aliphatic heterocycles. The minimum Gasteiger partial charge on any atom is -0.399 e. The van der Waals surface area contributed by atoms with Gasteiger partial charge in [-0.25, -0.2) is 4.98 Å². The number of aromatic nitrogens is 2. The largest absolute Gasteiger partial charge is 0.399 e. The van der Waals surface area contributed by atoms with Crippen molar-refractivity contribution in [2.75, 3.05) is 7.11 Å². The highest BCUT2D eigenvalue weighted by Gasteiger charge is 2.24. The number of methoxy groups -OCH3 is 1. The lowest BCUT2D eigenvalue weighted by molar-refractivity contribution is 0.0951. The number of hydrogen-bond donors (Lipinski definition) is 3. The number of aryl methyl sites for hydroxylation is 1. The Morgan fingerprint density at radius 1 is 1.37 bits per heavy atom. The minimum absolute atomic E-state index is 0.0566. The van der Waals surface area contributed by atoms with Crippen LogP contribution < -0.4 is 11.1 Å².